The lowest BCUT2D eigenvalue weighted by Gasteiger charge is -2.37. The Morgan fingerprint density at radius 1 is 1.07 bits per heavy atom. The van der Waals surface area contributed by atoms with E-state index in [0.717, 1.165) is 22.5 Å². The van der Waals surface area contributed by atoms with Crippen LogP contribution < -0.4 is 10.2 Å². The number of amides is 2. The Morgan fingerprint density at radius 2 is 1.80 bits per heavy atom. The van der Waals surface area contributed by atoms with Crippen LogP contribution in [0.5, 0.6) is 0 Å². The highest BCUT2D eigenvalue weighted by atomic mass is 16.6. The summed E-state index contributed by atoms with van der Waals surface area (Å²) in [5, 5.41) is 22.3. The van der Waals surface area contributed by atoms with Gasteiger partial charge in [-0.1, -0.05) is 13.8 Å². The van der Waals surface area contributed by atoms with E-state index in [9.17, 15) is 14.9 Å². The molecule has 0 spiro atoms. The number of carbonyl (C=O) groups is 2. The minimum Gasteiger partial charge on any atom is -0.444 e. The average molecular weight is 555 g/mol. The number of ether oxygens (including phenoxy) is 1. The van der Waals surface area contributed by atoms with E-state index in [1.165, 1.54) is 0 Å². The standard InChI is InChI=1S/C30H34N8O3/c1-18(2)24-14-23-25(36-9-11-37(12-10-36)29(40)41-30(4,5)6)8-7-22(26(23)35-34-24)28(39)33-21-13-20(15-31)27-32-19(3)16-38(27)17-21/h7-8,13-14,16-18H,9-12H2,1-6H3,(H,33,39). The van der Waals surface area contributed by atoms with Gasteiger partial charge in [0.25, 0.3) is 5.91 Å². The van der Waals surface area contributed by atoms with Crippen molar-refractivity contribution in [1.82, 2.24) is 24.5 Å². The fourth-order valence-corrected chi connectivity index (χ4v) is 4.90. The van der Waals surface area contributed by atoms with Crippen molar-refractivity contribution in [2.45, 2.75) is 53.1 Å². The molecule has 0 atom stereocenters. The second kappa shape index (κ2) is 10.7. The number of aryl methyl sites for hydroxylation is 1. The molecule has 1 aliphatic rings. The third-order valence-corrected chi connectivity index (χ3v) is 6.91. The van der Waals surface area contributed by atoms with Crippen LogP contribution in [0.4, 0.5) is 16.2 Å². The summed E-state index contributed by atoms with van der Waals surface area (Å²) < 4.78 is 7.28. The van der Waals surface area contributed by atoms with Gasteiger partial charge in [0.15, 0.2) is 5.65 Å². The highest BCUT2D eigenvalue weighted by molar-refractivity contribution is 6.14. The zero-order valence-corrected chi connectivity index (χ0v) is 24.2. The molecule has 212 valence electrons. The van der Waals surface area contributed by atoms with Gasteiger partial charge in [0.1, 0.15) is 17.2 Å². The summed E-state index contributed by atoms with van der Waals surface area (Å²) in [4.78, 5) is 34.4. The fraction of sp³-hybridized carbons (Fsp3) is 0.400. The number of nitrogens with zero attached hydrogens (tertiary/aromatic N) is 7. The number of aromatic nitrogens is 4. The minimum absolute atomic E-state index is 0.149. The molecule has 0 saturated carbocycles. The molecular weight excluding hydrogens is 520 g/mol. The number of nitriles is 1. The summed E-state index contributed by atoms with van der Waals surface area (Å²) in [5.41, 5.74) is 4.21. The maximum atomic E-state index is 13.5. The van der Waals surface area contributed by atoms with E-state index in [4.69, 9.17) is 4.74 Å². The minimum atomic E-state index is -0.549. The van der Waals surface area contributed by atoms with E-state index in [2.05, 4.69) is 31.5 Å². The van der Waals surface area contributed by atoms with Gasteiger partial charge in [0, 0.05) is 49.6 Å². The smallest absolute Gasteiger partial charge is 0.410 e. The Balaban J connectivity index is 1.45. The van der Waals surface area contributed by atoms with Crippen LogP contribution in [-0.4, -0.2) is 68.3 Å². The third-order valence-electron chi connectivity index (χ3n) is 6.91. The van der Waals surface area contributed by atoms with E-state index in [-0.39, 0.29) is 17.9 Å². The molecular formula is C30H34N8O3. The van der Waals surface area contributed by atoms with Gasteiger partial charge in [-0.15, -0.1) is 5.10 Å². The van der Waals surface area contributed by atoms with Crippen molar-refractivity contribution in [2.75, 3.05) is 36.4 Å². The number of imidazole rings is 1. The number of anilines is 2. The molecule has 0 aliphatic carbocycles. The number of rotatable bonds is 4. The molecule has 0 radical (unpaired) electrons. The number of fused-ring (bicyclic) bond motifs is 2. The van der Waals surface area contributed by atoms with Crippen molar-refractivity contribution in [3.8, 4) is 6.07 Å². The summed E-state index contributed by atoms with van der Waals surface area (Å²) in [6.07, 6.45) is 3.22. The second-order valence-electron chi connectivity index (χ2n) is 11.6. The van der Waals surface area contributed by atoms with E-state index >= 15 is 0 Å². The summed E-state index contributed by atoms with van der Waals surface area (Å²) >= 11 is 0. The molecule has 11 nitrogen and oxygen atoms in total. The topological polar surface area (TPSA) is 129 Å². The largest absolute Gasteiger partial charge is 0.444 e. The van der Waals surface area contributed by atoms with Gasteiger partial charge in [-0.3, -0.25) is 4.79 Å². The summed E-state index contributed by atoms with van der Waals surface area (Å²) in [6.45, 7) is 13.8. The molecule has 1 aliphatic heterocycles. The second-order valence-corrected chi connectivity index (χ2v) is 11.6. The Morgan fingerprint density at radius 3 is 2.46 bits per heavy atom. The van der Waals surface area contributed by atoms with Crippen molar-refractivity contribution in [3.63, 3.8) is 0 Å². The summed E-state index contributed by atoms with van der Waals surface area (Å²) in [6, 6.07) is 9.44. The number of hydrogen-bond acceptors (Lipinski definition) is 8. The summed E-state index contributed by atoms with van der Waals surface area (Å²) in [5.74, 6) is -0.209. The van der Waals surface area contributed by atoms with Gasteiger partial charge < -0.3 is 24.3 Å². The lowest BCUT2D eigenvalue weighted by Crippen LogP contribution is -2.50. The SMILES string of the molecule is Cc1cn2cc(NC(=O)c3ccc(N4CCN(C(=O)OC(C)(C)C)CC4)c4cc(C(C)C)nnc34)cc(C#N)c2n1. The van der Waals surface area contributed by atoms with Crippen molar-refractivity contribution >= 4 is 39.9 Å². The monoisotopic (exact) mass is 554 g/mol. The summed E-state index contributed by atoms with van der Waals surface area (Å²) in [7, 11) is 0. The maximum Gasteiger partial charge on any atom is 0.410 e. The van der Waals surface area contributed by atoms with Gasteiger partial charge in [-0.25, -0.2) is 9.78 Å². The van der Waals surface area contributed by atoms with Gasteiger partial charge in [-0.2, -0.15) is 10.4 Å². The number of carbonyl (C=O) groups excluding carboxylic acids is 2. The van der Waals surface area contributed by atoms with E-state index in [1.54, 1.807) is 33.8 Å². The van der Waals surface area contributed by atoms with E-state index < -0.39 is 5.60 Å². The molecule has 41 heavy (non-hydrogen) atoms. The number of piperazine rings is 1. The normalized spacial score (nSPS) is 14.0. The molecule has 4 heterocycles. The fourth-order valence-electron chi connectivity index (χ4n) is 4.90. The number of hydrogen-bond donors (Lipinski definition) is 1. The molecule has 3 aromatic heterocycles. The van der Waals surface area contributed by atoms with Crippen LogP contribution in [0.1, 0.15) is 67.8 Å². The number of pyridine rings is 1. The van der Waals surface area contributed by atoms with Crippen molar-refractivity contribution in [1.29, 1.82) is 5.26 Å². The Kier molecular flexibility index (Phi) is 7.26. The molecule has 4 aromatic rings. The Hall–Kier alpha value is -4.72. The van der Waals surface area contributed by atoms with Crippen LogP contribution in [0.2, 0.25) is 0 Å². The average Bonchev–Trinajstić information content (AvgIpc) is 3.30. The van der Waals surface area contributed by atoms with E-state index in [0.29, 0.717) is 54.2 Å². The zero-order valence-electron chi connectivity index (χ0n) is 24.2. The van der Waals surface area contributed by atoms with Gasteiger partial charge >= 0.3 is 6.09 Å². The molecule has 5 rings (SSSR count). The highest BCUT2D eigenvalue weighted by Gasteiger charge is 2.27. The van der Waals surface area contributed by atoms with Crippen LogP contribution in [0.3, 0.4) is 0 Å². The first-order valence-corrected chi connectivity index (χ1v) is 13.7. The predicted molar refractivity (Wildman–Crippen MR) is 156 cm³/mol. The molecule has 1 saturated heterocycles. The molecule has 11 heteroatoms. The first-order chi connectivity index (χ1) is 19.4. The molecule has 2 amide bonds. The molecule has 0 bridgehead atoms. The molecule has 0 unspecified atom stereocenters. The van der Waals surface area contributed by atoms with Crippen LogP contribution in [-0.2, 0) is 4.74 Å². The van der Waals surface area contributed by atoms with Crippen molar-refractivity contribution in [2.24, 2.45) is 0 Å². The lowest BCUT2D eigenvalue weighted by molar-refractivity contribution is 0.0240. The first kappa shape index (κ1) is 27.8. The zero-order chi connectivity index (χ0) is 29.5. The van der Waals surface area contributed by atoms with Gasteiger partial charge in [0.2, 0.25) is 0 Å². The van der Waals surface area contributed by atoms with E-state index in [1.807, 2.05) is 53.7 Å². The quantitative estimate of drug-likeness (QED) is 0.378. The Bertz CT molecular complexity index is 1690. The predicted octanol–water partition coefficient (Wildman–Crippen LogP) is 4.89. The third kappa shape index (κ3) is 5.77. The van der Waals surface area contributed by atoms with Crippen molar-refractivity contribution in [3.05, 3.63) is 59.2 Å². The molecule has 1 N–H and O–H groups in total. The first-order valence-electron chi connectivity index (χ1n) is 13.7. The van der Waals surface area contributed by atoms with Crippen LogP contribution in [0, 0.1) is 18.3 Å². The number of benzene rings is 1. The van der Waals surface area contributed by atoms with Gasteiger partial charge in [-0.05, 0) is 57.9 Å². The molecule has 1 fully saturated rings. The van der Waals surface area contributed by atoms with Crippen LogP contribution >= 0.6 is 0 Å². The molecule has 1 aromatic carbocycles. The Labute approximate surface area is 238 Å². The highest BCUT2D eigenvalue weighted by Crippen LogP contribution is 2.31. The lowest BCUT2D eigenvalue weighted by atomic mass is 10.0. The van der Waals surface area contributed by atoms with Crippen LogP contribution in [0.15, 0.2) is 36.7 Å². The maximum absolute atomic E-state index is 13.5. The van der Waals surface area contributed by atoms with Gasteiger partial charge in [0.05, 0.1) is 28.2 Å². The van der Waals surface area contributed by atoms with Crippen molar-refractivity contribution < 1.29 is 14.3 Å². The van der Waals surface area contributed by atoms with Crippen LogP contribution in [0.25, 0.3) is 16.6 Å². The number of nitrogens with one attached hydrogen (secondary N) is 1.